The minimum atomic E-state index is -4.73. The Balaban J connectivity index is 1.28. The van der Waals surface area contributed by atoms with Gasteiger partial charge in [0.15, 0.2) is 31.6 Å². The Morgan fingerprint density at radius 2 is 1.89 bits per heavy atom. The van der Waals surface area contributed by atoms with Gasteiger partial charge in [0.05, 0.1) is 25.1 Å². The van der Waals surface area contributed by atoms with E-state index < -0.39 is 86.0 Å². The van der Waals surface area contributed by atoms with Crippen LogP contribution in [-0.2, 0) is 34.0 Å². The average Bonchev–Trinajstić information content (AvgIpc) is 3.58. The first-order valence-electron chi connectivity index (χ1n) is 15.0. The predicted molar refractivity (Wildman–Crippen MR) is 167 cm³/mol. The zero-order valence-electron chi connectivity index (χ0n) is 26.8. The summed E-state index contributed by atoms with van der Waals surface area (Å²) in [5, 5.41) is 20.8. The number of halogens is 2. The van der Waals surface area contributed by atoms with E-state index in [4.69, 9.17) is 19.1 Å². The highest BCUT2D eigenvalue weighted by Crippen LogP contribution is 2.56. The van der Waals surface area contributed by atoms with Crippen LogP contribution in [-0.4, -0.2) is 77.1 Å². The zero-order chi connectivity index (χ0) is 34.7. The Kier molecular flexibility index (Phi) is 9.04. The van der Waals surface area contributed by atoms with Gasteiger partial charge in [-0.1, -0.05) is 52.0 Å². The van der Waals surface area contributed by atoms with E-state index in [1.54, 1.807) is 9.29 Å². The van der Waals surface area contributed by atoms with Crippen LogP contribution in [0.15, 0.2) is 36.9 Å². The van der Waals surface area contributed by atoms with E-state index >= 15 is 0 Å². The quantitative estimate of drug-likeness (QED) is 0.226. The molecule has 1 aromatic carbocycles. The summed E-state index contributed by atoms with van der Waals surface area (Å²) in [4.78, 5) is 25.2. The molecular formula is C29H40F2N6O8SSi. The number of imidazole rings is 1. The second-order valence-electron chi connectivity index (χ2n) is 13.6. The van der Waals surface area contributed by atoms with Crippen LogP contribution in [0.3, 0.4) is 0 Å². The van der Waals surface area contributed by atoms with Crippen molar-refractivity contribution in [1.29, 1.82) is 0 Å². The SMILES string of the molecule is C[C@H]1[C@@H](O[Si](C)(C)C(C)(C)C)[C@H](n2cnc3c(N)ncnc32)O[C@@H]1COS(=O)(=O)NC(=O)CC[C@]1(O)c2ccccc2[C@H](O)C1(F)F. The number of aliphatic hydroxyl groups excluding tert-OH is 1. The van der Waals surface area contributed by atoms with Crippen molar-refractivity contribution in [1.82, 2.24) is 24.2 Å². The van der Waals surface area contributed by atoms with Crippen molar-refractivity contribution >= 4 is 41.5 Å². The molecule has 0 spiro atoms. The van der Waals surface area contributed by atoms with Crippen molar-refractivity contribution in [3.63, 3.8) is 0 Å². The molecule has 5 rings (SSSR count). The van der Waals surface area contributed by atoms with E-state index in [1.165, 1.54) is 36.9 Å². The Morgan fingerprint density at radius 1 is 1.21 bits per heavy atom. The molecule has 5 N–H and O–H groups in total. The third-order valence-electron chi connectivity index (χ3n) is 9.53. The summed E-state index contributed by atoms with van der Waals surface area (Å²) in [5.74, 6) is -5.44. The summed E-state index contributed by atoms with van der Waals surface area (Å²) in [6.07, 6.45) is -3.39. The number of benzene rings is 1. The number of carbonyl (C=O) groups excluding carboxylic acids is 1. The number of carbonyl (C=O) groups is 1. The minimum Gasteiger partial charge on any atom is -0.409 e. The van der Waals surface area contributed by atoms with Gasteiger partial charge in [-0.15, -0.1) is 0 Å². The summed E-state index contributed by atoms with van der Waals surface area (Å²) < 4.78 is 77.0. The number of hydrogen-bond donors (Lipinski definition) is 4. The highest BCUT2D eigenvalue weighted by Gasteiger charge is 2.64. The fraction of sp³-hybridized carbons (Fsp3) is 0.586. The average molecular weight is 699 g/mol. The molecule has 47 heavy (non-hydrogen) atoms. The fourth-order valence-electron chi connectivity index (χ4n) is 5.69. The molecule has 0 unspecified atom stereocenters. The lowest BCUT2D eigenvalue weighted by Crippen LogP contribution is -2.47. The van der Waals surface area contributed by atoms with Crippen LogP contribution in [0.2, 0.25) is 18.1 Å². The van der Waals surface area contributed by atoms with Gasteiger partial charge in [0.2, 0.25) is 5.91 Å². The lowest BCUT2D eigenvalue weighted by Gasteiger charge is -2.40. The number of aromatic nitrogens is 4. The largest absolute Gasteiger partial charge is 0.409 e. The Hall–Kier alpha value is -3.13. The third kappa shape index (κ3) is 6.27. The number of hydrogen-bond acceptors (Lipinski definition) is 12. The number of amides is 1. The number of alkyl halides is 2. The maximum Gasteiger partial charge on any atom is 0.362 e. The number of nitrogens with two attached hydrogens (primary N) is 1. The van der Waals surface area contributed by atoms with Crippen LogP contribution < -0.4 is 10.5 Å². The Bertz CT molecular complexity index is 1770. The second-order valence-corrected chi connectivity index (χ2v) is 19.7. The van der Waals surface area contributed by atoms with E-state index in [-0.39, 0.29) is 22.0 Å². The highest BCUT2D eigenvalue weighted by molar-refractivity contribution is 7.85. The summed E-state index contributed by atoms with van der Waals surface area (Å²) in [7, 11) is -7.13. The Labute approximate surface area is 272 Å². The van der Waals surface area contributed by atoms with Crippen LogP contribution >= 0.6 is 0 Å². The molecule has 1 fully saturated rings. The minimum absolute atomic E-state index is 0.168. The van der Waals surface area contributed by atoms with Gasteiger partial charge in [-0.3, -0.25) is 13.5 Å². The van der Waals surface area contributed by atoms with Crippen LogP contribution in [0.25, 0.3) is 11.2 Å². The van der Waals surface area contributed by atoms with Gasteiger partial charge in [-0.25, -0.2) is 19.7 Å². The molecule has 0 radical (unpaired) electrons. The van der Waals surface area contributed by atoms with E-state index in [1.807, 2.05) is 6.92 Å². The number of nitrogens with one attached hydrogen (secondary N) is 1. The van der Waals surface area contributed by atoms with E-state index in [0.29, 0.717) is 11.2 Å². The molecule has 0 bridgehead atoms. The molecule has 1 saturated heterocycles. The van der Waals surface area contributed by atoms with Gasteiger partial charge in [0, 0.05) is 12.3 Å². The van der Waals surface area contributed by atoms with Crippen molar-refractivity contribution in [3.05, 3.63) is 48.0 Å². The van der Waals surface area contributed by atoms with Crippen molar-refractivity contribution < 1.29 is 45.6 Å². The summed E-state index contributed by atoms with van der Waals surface area (Å²) in [5.41, 5.74) is 3.44. The second kappa shape index (κ2) is 12.1. The van der Waals surface area contributed by atoms with Crippen LogP contribution in [0.1, 0.15) is 64.0 Å². The topological polar surface area (TPSA) is 201 Å². The predicted octanol–water partition coefficient (Wildman–Crippen LogP) is 3.06. The monoisotopic (exact) mass is 698 g/mol. The van der Waals surface area contributed by atoms with Crippen molar-refractivity contribution in [2.24, 2.45) is 5.92 Å². The normalized spacial score (nSPS) is 27.7. The van der Waals surface area contributed by atoms with Crippen LogP contribution in [0.4, 0.5) is 14.6 Å². The van der Waals surface area contributed by atoms with Gasteiger partial charge in [-0.05, 0) is 35.7 Å². The van der Waals surface area contributed by atoms with Gasteiger partial charge in [0.25, 0.3) is 0 Å². The molecule has 258 valence electrons. The Morgan fingerprint density at radius 3 is 2.57 bits per heavy atom. The lowest BCUT2D eigenvalue weighted by molar-refractivity contribution is -0.226. The molecule has 2 aromatic heterocycles. The number of aliphatic hydroxyl groups is 2. The van der Waals surface area contributed by atoms with Crippen LogP contribution in [0, 0.1) is 5.92 Å². The molecule has 2 aliphatic rings. The fourth-order valence-corrected chi connectivity index (χ4v) is 7.81. The number of fused-ring (bicyclic) bond motifs is 2. The summed E-state index contributed by atoms with van der Waals surface area (Å²) in [6, 6.07) is 5.32. The van der Waals surface area contributed by atoms with Gasteiger partial charge in [0.1, 0.15) is 17.9 Å². The number of ether oxygens (including phenoxy) is 1. The molecule has 1 aliphatic heterocycles. The summed E-state index contributed by atoms with van der Waals surface area (Å²) in [6.45, 7) is 11.7. The van der Waals surface area contributed by atoms with Crippen molar-refractivity contribution in [2.75, 3.05) is 12.3 Å². The van der Waals surface area contributed by atoms with E-state index in [9.17, 15) is 32.2 Å². The van der Waals surface area contributed by atoms with E-state index in [0.717, 1.165) is 0 Å². The third-order valence-corrected chi connectivity index (χ3v) is 14.9. The molecule has 6 atom stereocenters. The molecule has 14 nitrogen and oxygen atoms in total. The molecular weight excluding hydrogens is 659 g/mol. The smallest absolute Gasteiger partial charge is 0.362 e. The lowest BCUT2D eigenvalue weighted by atomic mass is 9.88. The van der Waals surface area contributed by atoms with Gasteiger partial charge >= 0.3 is 16.2 Å². The maximum absolute atomic E-state index is 14.9. The number of anilines is 1. The first kappa shape index (κ1) is 35.2. The number of nitrogens with zero attached hydrogens (tertiary/aromatic N) is 4. The van der Waals surface area contributed by atoms with Crippen LogP contribution in [0.5, 0.6) is 0 Å². The molecule has 18 heteroatoms. The van der Waals surface area contributed by atoms with Crippen molar-refractivity contribution in [3.8, 4) is 0 Å². The first-order valence-corrected chi connectivity index (χ1v) is 19.4. The zero-order valence-corrected chi connectivity index (χ0v) is 28.7. The standard InChI is InChI=1S/C29H40F2N6O8SSi/c1-16-19(44-26(22(16)45-47(5,6)27(2,3)4)37-15-35-21-24(32)33-14-34-25(21)37)13-43-46(41,42)36-20(38)11-12-28(40)18-10-8-7-9-17(18)23(39)29(28,30)31/h7-10,14-16,19,22-23,26,39-40H,11-13H2,1-6H3,(H,36,38)(H2,32,33,34)/t16-,19-,22-,23+,26-,28+/m1/s1. The maximum atomic E-state index is 14.9. The van der Waals surface area contributed by atoms with Gasteiger partial charge < -0.3 is 25.1 Å². The first-order chi connectivity index (χ1) is 21.7. The number of rotatable bonds is 10. The molecule has 0 saturated carbocycles. The highest BCUT2D eigenvalue weighted by atomic mass is 32.2. The molecule has 1 aliphatic carbocycles. The summed E-state index contributed by atoms with van der Waals surface area (Å²) >= 11 is 0. The number of nitrogen functional groups attached to an aromatic ring is 1. The van der Waals surface area contributed by atoms with Crippen molar-refractivity contribution in [2.45, 2.75) is 94.7 Å². The molecule has 1 amide bonds. The molecule has 3 heterocycles. The van der Waals surface area contributed by atoms with Gasteiger partial charge in [-0.2, -0.15) is 17.2 Å². The molecule has 3 aromatic rings. The van der Waals surface area contributed by atoms with E-state index in [2.05, 4.69) is 48.8 Å².